The molecule has 1 aliphatic heterocycles. The number of likely N-dealkylation sites (N-methyl/N-ethyl adjacent to an activating group) is 1. The molecular weight excluding hydrogens is 330 g/mol. The summed E-state index contributed by atoms with van der Waals surface area (Å²) in [4.78, 5) is 19.7. The first-order chi connectivity index (χ1) is 12.1. The normalized spacial score (nSPS) is 19.5. The maximum atomic E-state index is 12.7. The zero-order chi connectivity index (χ0) is 18.0. The van der Waals surface area contributed by atoms with Crippen molar-refractivity contribution in [2.75, 3.05) is 13.1 Å². The molecule has 1 aromatic heterocycles. The van der Waals surface area contributed by atoms with Crippen LogP contribution in [-0.4, -0.2) is 33.6 Å². The van der Waals surface area contributed by atoms with Crippen LogP contribution in [0.25, 0.3) is 17.0 Å². The third kappa shape index (κ3) is 3.25. The van der Waals surface area contributed by atoms with Crippen molar-refractivity contribution in [3.63, 3.8) is 0 Å². The molecule has 2 aromatic rings. The fourth-order valence-corrected chi connectivity index (χ4v) is 4.19. The second-order valence-electron chi connectivity index (χ2n) is 6.18. The fraction of sp³-hybridized carbons (Fsp3) is 0.400. The molecule has 1 aromatic carbocycles. The minimum absolute atomic E-state index is 0.0556. The highest BCUT2D eigenvalue weighted by Crippen LogP contribution is 2.35. The van der Waals surface area contributed by atoms with Crippen LogP contribution in [0, 0.1) is 0 Å². The summed E-state index contributed by atoms with van der Waals surface area (Å²) in [5.41, 5.74) is 2.31. The molecule has 0 spiro atoms. The summed E-state index contributed by atoms with van der Waals surface area (Å²) >= 11 is 1.48. The molecule has 1 amide bonds. The van der Waals surface area contributed by atoms with Crippen LogP contribution in [-0.2, 0) is 4.79 Å². The van der Waals surface area contributed by atoms with Gasteiger partial charge in [-0.25, -0.2) is 0 Å². The second-order valence-corrected chi connectivity index (χ2v) is 7.19. The van der Waals surface area contributed by atoms with Crippen LogP contribution in [0.15, 0.2) is 40.4 Å². The maximum absolute atomic E-state index is 12.7. The van der Waals surface area contributed by atoms with E-state index in [-0.39, 0.29) is 5.91 Å². The van der Waals surface area contributed by atoms with E-state index in [4.69, 9.17) is 0 Å². The quantitative estimate of drug-likeness (QED) is 0.714. The Balaban J connectivity index is 2.07. The average Bonchev–Trinajstić information content (AvgIpc) is 3.13. The Kier molecular flexibility index (Phi) is 5.33. The standard InChI is InChI=1S/C20H25N3OS/c1-5-14(4)23-13-15(16-10-8-9-11-17(16)23)12-18-19(24)22(7-3)20(25-18)21-6-2/h8-14H,5-7H2,1-4H3/b18-12+,21-20?/t14-/m0/s1. The predicted molar refractivity (Wildman–Crippen MR) is 108 cm³/mol. The number of rotatable bonds is 5. The van der Waals surface area contributed by atoms with Gasteiger partial charge in [0, 0.05) is 41.8 Å². The largest absolute Gasteiger partial charge is 0.344 e. The molecule has 0 N–H and O–H groups in total. The van der Waals surface area contributed by atoms with Gasteiger partial charge in [0.05, 0.1) is 4.91 Å². The number of aromatic nitrogens is 1. The molecule has 132 valence electrons. The number of thioether (sulfide) groups is 1. The molecule has 0 bridgehead atoms. The summed E-state index contributed by atoms with van der Waals surface area (Å²) < 4.78 is 2.31. The molecule has 0 unspecified atom stereocenters. The Hall–Kier alpha value is -2.01. The van der Waals surface area contributed by atoms with E-state index in [1.54, 1.807) is 4.90 Å². The Labute approximate surface area is 153 Å². The Morgan fingerprint density at radius 3 is 2.68 bits per heavy atom. The highest BCUT2D eigenvalue weighted by Gasteiger charge is 2.32. The Bertz CT molecular complexity index is 850. The smallest absolute Gasteiger partial charge is 0.266 e. The average molecular weight is 356 g/mol. The van der Waals surface area contributed by atoms with Crippen molar-refractivity contribution in [2.45, 2.75) is 40.2 Å². The van der Waals surface area contributed by atoms with E-state index in [0.29, 0.717) is 19.1 Å². The first kappa shape index (κ1) is 17.8. The molecule has 0 saturated carbocycles. The Morgan fingerprint density at radius 1 is 1.24 bits per heavy atom. The zero-order valence-electron chi connectivity index (χ0n) is 15.3. The van der Waals surface area contributed by atoms with Crippen molar-refractivity contribution in [3.8, 4) is 0 Å². The third-order valence-corrected chi connectivity index (χ3v) is 5.67. The minimum Gasteiger partial charge on any atom is -0.344 e. The van der Waals surface area contributed by atoms with Crippen molar-refractivity contribution < 1.29 is 4.79 Å². The highest BCUT2D eigenvalue weighted by atomic mass is 32.2. The first-order valence-electron chi connectivity index (χ1n) is 8.96. The fourth-order valence-electron chi connectivity index (χ4n) is 3.09. The lowest BCUT2D eigenvalue weighted by Crippen LogP contribution is -2.28. The summed E-state index contributed by atoms with van der Waals surface area (Å²) in [6.45, 7) is 9.74. The van der Waals surface area contributed by atoms with Gasteiger partial charge in [0.25, 0.3) is 5.91 Å². The number of aliphatic imine (C=N–C) groups is 1. The third-order valence-electron chi connectivity index (χ3n) is 4.62. The lowest BCUT2D eigenvalue weighted by atomic mass is 10.1. The molecule has 1 atom stereocenters. The van der Waals surface area contributed by atoms with E-state index >= 15 is 0 Å². The number of hydrogen-bond donors (Lipinski definition) is 0. The first-order valence-corrected chi connectivity index (χ1v) is 9.77. The van der Waals surface area contributed by atoms with Crippen LogP contribution in [0.5, 0.6) is 0 Å². The van der Waals surface area contributed by atoms with E-state index in [2.05, 4.69) is 53.9 Å². The van der Waals surface area contributed by atoms with E-state index in [0.717, 1.165) is 22.1 Å². The van der Waals surface area contributed by atoms with Gasteiger partial charge in [0.1, 0.15) is 0 Å². The number of fused-ring (bicyclic) bond motifs is 1. The van der Waals surface area contributed by atoms with Crippen LogP contribution in [0.3, 0.4) is 0 Å². The topological polar surface area (TPSA) is 37.6 Å². The molecule has 2 heterocycles. The molecular formula is C20H25N3OS. The molecule has 1 aliphatic rings. The van der Waals surface area contributed by atoms with Crippen LogP contribution in [0.2, 0.25) is 0 Å². The summed E-state index contributed by atoms with van der Waals surface area (Å²) in [6, 6.07) is 8.82. The number of amides is 1. The summed E-state index contributed by atoms with van der Waals surface area (Å²) in [5.74, 6) is 0.0556. The van der Waals surface area contributed by atoms with E-state index in [1.807, 2.05) is 19.9 Å². The van der Waals surface area contributed by atoms with Crippen LogP contribution in [0.4, 0.5) is 0 Å². The summed E-state index contributed by atoms with van der Waals surface area (Å²) in [6.07, 6.45) is 5.26. The zero-order valence-corrected chi connectivity index (χ0v) is 16.1. The summed E-state index contributed by atoms with van der Waals surface area (Å²) in [5, 5.41) is 2.00. The van der Waals surface area contributed by atoms with Crippen LogP contribution in [0.1, 0.15) is 45.7 Å². The van der Waals surface area contributed by atoms with Crippen LogP contribution >= 0.6 is 11.8 Å². The molecule has 4 nitrogen and oxygen atoms in total. The van der Waals surface area contributed by atoms with Crippen molar-refractivity contribution in [3.05, 3.63) is 40.9 Å². The number of amidine groups is 1. The number of carbonyl (C=O) groups is 1. The Morgan fingerprint density at radius 2 is 2.00 bits per heavy atom. The second kappa shape index (κ2) is 7.48. The van der Waals surface area contributed by atoms with Crippen molar-refractivity contribution in [1.29, 1.82) is 0 Å². The number of nitrogens with zero attached hydrogens (tertiary/aromatic N) is 3. The van der Waals surface area contributed by atoms with Gasteiger partial charge in [-0.3, -0.25) is 14.7 Å². The van der Waals surface area contributed by atoms with Gasteiger partial charge in [-0.2, -0.15) is 0 Å². The van der Waals surface area contributed by atoms with E-state index in [9.17, 15) is 4.79 Å². The molecule has 5 heteroatoms. The number of para-hydroxylation sites is 1. The van der Waals surface area contributed by atoms with E-state index < -0.39 is 0 Å². The minimum atomic E-state index is 0.0556. The van der Waals surface area contributed by atoms with Crippen molar-refractivity contribution >= 4 is 39.8 Å². The SMILES string of the molecule is CCN=C1S/C(=C/c2cn([C@@H](C)CC)c3ccccc23)C(=O)N1CC. The molecule has 1 fully saturated rings. The molecule has 0 aliphatic carbocycles. The monoisotopic (exact) mass is 355 g/mol. The van der Waals surface area contributed by atoms with E-state index in [1.165, 1.54) is 22.7 Å². The lowest BCUT2D eigenvalue weighted by Gasteiger charge is -2.12. The molecule has 25 heavy (non-hydrogen) atoms. The van der Waals surface area contributed by atoms with Gasteiger partial charge in [-0.15, -0.1) is 0 Å². The van der Waals surface area contributed by atoms with Crippen molar-refractivity contribution in [2.24, 2.45) is 4.99 Å². The van der Waals surface area contributed by atoms with Crippen molar-refractivity contribution in [1.82, 2.24) is 9.47 Å². The van der Waals surface area contributed by atoms with Crippen LogP contribution < -0.4 is 0 Å². The van der Waals surface area contributed by atoms with Gasteiger partial charge in [-0.05, 0) is 51.1 Å². The predicted octanol–water partition coefficient (Wildman–Crippen LogP) is 4.92. The number of carbonyl (C=O) groups excluding carboxylic acids is 1. The van der Waals surface area contributed by atoms with Gasteiger partial charge in [0.15, 0.2) is 5.17 Å². The van der Waals surface area contributed by atoms with Gasteiger partial charge in [-0.1, -0.05) is 25.1 Å². The van der Waals surface area contributed by atoms with Gasteiger partial charge < -0.3 is 4.57 Å². The molecule has 0 radical (unpaired) electrons. The molecule has 1 saturated heterocycles. The lowest BCUT2D eigenvalue weighted by molar-refractivity contribution is -0.122. The number of benzene rings is 1. The summed E-state index contributed by atoms with van der Waals surface area (Å²) in [7, 11) is 0. The van der Waals surface area contributed by atoms with Gasteiger partial charge in [0.2, 0.25) is 0 Å². The highest BCUT2D eigenvalue weighted by molar-refractivity contribution is 8.18. The number of hydrogen-bond acceptors (Lipinski definition) is 3. The van der Waals surface area contributed by atoms with Gasteiger partial charge >= 0.3 is 0 Å². The maximum Gasteiger partial charge on any atom is 0.266 e. The molecule has 3 rings (SSSR count).